The van der Waals surface area contributed by atoms with Crippen molar-refractivity contribution in [2.75, 3.05) is 6.61 Å². The number of ether oxygens (including phenoxy) is 2. The molecule has 0 aromatic rings. The van der Waals surface area contributed by atoms with E-state index >= 15 is 0 Å². The molecule has 0 aliphatic carbocycles. The maximum Gasteiger partial charge on any atom is 0.518 e. The molecule has 0 saturated heterocycles. The minimum atomic E-state index is -1.64. The first-order valence-corrected chi connectivity index (χ1v) is 5.60. The van der Waals surface area contributed by atoms with Crippen molar-refractivity contribution in [1.29, 1.82) is 0 Å². The van der Waals surface area contributed by atoms with E-state index in [0.29, 0.717) is 0 Å². The van der Waals surface area contributed by atoms with Crippen molar-refractivity contribution < 1.29 is 24.2 Å². The van der Waals surface area contributed by atoms with Crippen molar-refractivity contribution in [2.45, 2.75) is 46.0 Å². The highest BCUT2D eigenvalue weighted by atomic mass is 16.8. The van der Waals surface area contributed by atoms with Gasteiger partial charge in [0.25, 0.3) is 0 Å². The van der Waals surface area contributed by atoms with Gasteiger partial charge in [-0.25, -0.2) is 9.59 Å². The Bertz CT molecular complexity index is 212. The molecule has 0 radical (unpaired) electrons. The van der Waals surface area contributed by atoms with Crippen LogP contribution in [0.15, 0.2) is 0 Å². The molecule has 0 atom stereocenters. The van der Waals surface area contributed by atoms with Gasteiger partial charge in [0.05, 0.1) is 6.61 Å². The summed E-state index contributed by atoms with van der Waals surface area (Å²) < 4.78 is 8.30. The average molecular weight is 232 g/mol. The van der Waals surface area contributed by atoms with Crippen LogP contribution in [0.25, 0.3) is 0 Å². The highest BCUT2D eigenvalue weighted by Crippen LogP contribution is 2.09. The van der Waals surface area contributed by atoms with Gasteiger partial charge in [-0.2, -0.15) is 0 Å². The van der Waals surface area contributed by atoms with E-state index in [4.69, 9.17) is 5.11 Å². The molecular formula is C11H20O5. The molecule has 0 spiro atoms. The Morgan fingerprint density at radius 3 is 2.31 bits per heavy atom. The smallest absolute Gasteiger partial charge is 0.449 e. The van der Waals surface area contributed by atoms with Gasteiger partial charge in [0, 0.05) is 0 Å². The van der Waals surface area contributed by atoms with E-state index in [0.717, 1.165) is 25.2 Å². The largest absolute Gasteiger partial charge is 0.518 e. The van der Waals surface area contributed by atoms with E-state index in [1.54, 1.807) is 0 Å². The molecule has 5 heteroatoms. The summed E-state index contributed by atoms with van der Waals surface area (Å²) in [7, 11) is 0. The van der Waals surface area contributed by atoms with Gasteiger partial charge < -0.3 is 14.6 Å². The Morgan fingerprint density at radius 2 is 1.75 bits per heavy atom. The minimum Gasteiger partial charge on any atom is -0.449 e. The number of hydrogen-bond donors (Lipinski definition) is 1. The number of hydrogen-bond acceptors (Lipinski definition) is 4. The van der Waals surface area contributed by atoms with E-state index in [9.17, 15) is 9.59 Å². The van der Waals surface area contributed by atoms with E-state index in [1.807, 2.05) is 0 Å². The van der Waals surface area contributed by atoms with Gasteiger partial charge in [0.15, 0.2) is 0 Å². The minimum absolute atomic E-state index is 0.216. The average Bonchev–Trinajstić information content (AvgIpc) is 2.14. The molecule has 0 unspecified atom stereocenters. The van der Waals surface area contributed by atoms with Crippen LogP contribution < -0.4 is 0 Å². The lowest BCUT2D eigenvalue weighted by atomic mass is 10.0. The van der Waals surface area contributed by atoms with Crippen LogP contribution in [0.2, 0.25) is 0 Å². The third kappa shape index (κ3) is 10.8. The maximum absolute atomic E-state index is 10.6. The van der Waals surface area contributed by atoms with Crippen LogP contribution in [0.5, 0.6) is 0 Å². The van der Waals surface area contributed by atoms with Crippen molar-refractivity contribution in [3.8, 4) is 0 Å². The zero-order valence-corrected chi connectivity index (χ0v) is 9.90. The Morgan fingerprint density at radius 1 is 1.12 bits per heavy atom. The number of rotatable bonds is 7. The summed E-state index contributed by atoms with van der Waals surface area (Å²) in [6.45, 7) is 4.59. The lowest BCUT2D eigenvalue weighted by molar-refractivity contribution is 0.0537. The summed E-state index contributed by atoms with van der Waals surface area (Å²) in [5, 5.41) is 8.09. The molecular weight excluding hydrogens is 212 g/mol. The quantitative estimate of drug-likeness (QED) is 0.413. The summed E-state index contributed by atoms with van der Waals surface area (Å²) in [6, 6.07) is 0. The first-order valence-electron chi connectivity index (χ1n) is 5.60. The summed E-state index contributed by atoms with van der Waals surface area (Å²) >= 11 is 0. The van der Waals surface area contributed by atoms with Crippen LogP contribution in [-0.4, -0.2) is 24.0 Å². The summed E-state index contributed by atoms with van der Waals surface area (Å²) in [5.74, 6) is 0.724. The van der Waals surface area contributed by atoms with Gasteiger partial charge in [-0.15, -0.1) is 0 Å². The van der Waals surface area contributed by atoms with Crippen LogP contribution in [0.3, 0.4) is 0 Å². The molecule has 1 N–H and O–H groups in total. The molecule has 94 valence electrons. The van der Waals surface area contributed by atoms with Gasteiger partial charge in [0.2, 0.25) is 0 Å². The molecule has 0 heterocycles. The number of carboxylic acid groups (broad SMARTS) is 1. The van der Waals surface area contributed by atoms with Crippen molar-refractivity contribution in [1.82, 2.24) is 0 Å². The molecule has 0 rings (SSSR count). The lowest BCUT2D eigenvalue weighted by Crippen LogP contribution is -2.12. The fourth-order valence-electron chi connectivity index (χ4n) is 1.26. The predicted octanol–water partition coefficient (Wildman–Crippen LogP) is 3.42. The van der Waals surface area contributed by atoms with Gasteiger partial charge in [-0.05, 0) is 12.3 Å². The van der Waals surface area contributed by atoms with Crippen molar-refractivity contribution in [3.63, 3.8) is 0 Å². The first-order chi connectivity index (χ1) is 7.52. The molecule has 0 aliphatic rings. The van der Waals surface area contributed by atoms with Crippen molar-refractivity contribution >= 4 is 12.3 Å². The lowest BCUT2D eigenvalue weighted by Gasteiger charge is -2.04. The summed E-state index contributed by atoms with van der Waals surface area (Å²) in [5.41, 5.74) is 0. The van der Waals surface area contributed by atoms with Crippen LogP contribution in [-0.2, 0) is 9.47 Å². The van der Waals surface area contributed by atoms with Gasteiger partial charge in [-0.3, -0.25) is 0 Å². The van der Waals surface area contributed by atoms with Crippen LogP contribution in [0, 0.1) is 5.92 Å². The molecule has 0 aliphatic heterocycles. The number of carbonyl (C=O) groups is 2. The van der Waals surface area contributed by atoms with Crippen molar-refractivity contribution in [2.24, 2.45) is 5.92 Å². The maximum atomic E-state index is 10.6. The number of unbranched alkanes of at least 4 members (excludes halogenated alkanes) is 3. The fraction of sp³-hybridized carbons (Fsp3) is 0.818. The topological polar surface area (TPSA) is 72.8 Å². The monoisotopic (exact) mass is 232 g/mol. The van der Waals surface area contributed by atoms with Gasteiger partial charge in [0.1, 0.15) is 0 Å². The van der Waals surface area contributed by atoms with Gasteiger partial charge >= 0.3 is 12.3 Å². The van der Waals surface area contributed by atoms with Gasteiger partial charge in [-0.1, -0.05) is 39.5 Å². The molecule has 0 amide bonds. The second-order valence-corrected chi connectivity index (χ2v) is 4.06. The van der Waals surface area contributed by atoms with E-state index in [-0.39, 0.29) is 6.61 Å². The Kier molecular flexibility index (Phi) is 8.29. The standard InChI is InChI=1S/C11H20O5/c1-9(2)7-5-3-4-6-8-15-11(14)16-10(12)13/h9H,3-8H2,1-2H3,(H,12,13). The fourth-order valence-corrected chi connectivity index (χ4v) is 1.26. The van der Waals surface area contributed by atoms with Crippen molar-refractivity contribution in [3.05, 3.63) is 0 Å². The molecule has 5 nitrogen and oxygen atoms in total. The summed E-state index contributed by atoms with van der Waals surface area (Å²) in [6.07, 6.45) is 2.44. The van der Waals surface area contributed by atoms with E-state index in [2.05, 4.69) is 23.3 Å². The normalized spacial score (nSPS) is 10.2. The zero-order chi connectivity index (χ0) is 12.4. The third-order valence-corrected chi connectivity index (χ3v) is 2.07. The molecule has 0 aromatic carbocycles. The Labute approximate surface area is 95.7 Å². The zero-order valence-electron chi connectivity index (χ0n) is 9.90. The highest BCUT2D eigenvalue weighted by molar-refractivity contribution is 5.75. The second kappa shape index (κ2) is 9.00. The molecule has 0 bridgehead atoms. The van der Waals surface area contributed by atoms with Crippen LogP contribution in [0.1, 0.15) is 46.0 Å². The Balaban J connectivity index is 3.21. The number of carbonyl (C=O) groups excluding carboxylic acids is 1. The summed E-state index contributed by atoms with van der Waals surface area (Å²) in [4.78, 5) is 20.5. The second-order valence-electron chi connectivity index (χ2n) is 4.06. The molecule has 0 aromatic heterocycles. The highest BCUT2D eigenvalue weighted by Gasteiger charge is 2.08. The van der Waals surface area contributed by atoms with E-state index in [1.165, 1.54) is 12.8 Å². The van der Waals surface area contributed by atoms with Crippen LogP contribution >= 0.6 is 0 Å². The SMILES string of the molecule is CC(C)CCCCCCOC(=O)OC(=O)O. The predicted molar refractivity (Wildman–Crippen MR) is 58.4 cm³/mol. The van der Waals surface area contributed by atoms with E-state index < -0.39 is 12.3 Å². The molecule has 0 fully saturated rings. The molecule has 0 saturated carbocycles. The van der Waals surface area contributed by atoms with Crippen LogP contribution in [0.4, 0.5) is 9.59 Å². The first kappa shape index (κ1) is 14.7. The molecule has 16 heavy (non-hydrogen) atoms. The third-order valence-electron chi connectivity index (χ3n) is 2.07. The Hall–Kier alpha value is -1.26.